The molecule has 0 fully saturated rings. The van der Waals surface area contributed by atoms with Gasteiger partial charge in [0.15, 0.2) is 0 Å². The lowest BCUT2D eigenvalue weighted by Crippen LogP contribution is -2.01. The second kappa shape index (κ2) is 8.70. The van der Waals surface area contributed by atoms with E-state index in [0.717, 1.165) is 5.56 Å². The minimum Gasteiger partial charge on any atom is -0.383 e. The summed E-state index contributed by atoms with van der Waals surface area (Å²) < 4.78 is 0. The molecule has 18 heavy (non-hydrogen) atoms. The van der Waals surface area contributed by atoms with Crippen molar-refractivity contribution in [1.29, 1.82) is 5.41 Å². The average Bonchev–Trinajstić information content (AvgIpc) is 2.25. The van der Waals surface area contributed by atoms with E-state index in [0.29, 0.717) is 20.8 Å². The highest BCUT2D eigenvalue weighted by molar-refractivity contribution is 8.13. The molecule has 6 heteroatoms. The summed E-state index contributed by atoms with van der Waals surface area (Å²) in [6.45, 7) is 0. The fourth-order valence-corrected chi connectivity index (χ4v) is 2.54. The van der Waals surface area contributed by atoms with E-state index in [1.165, 1.54) is 11.8 Å². The fourth-order valence-electron chi connectivity index (χ4n) is 1.09. The van der Waals surface area contributed by atoms with Crippen molar-refractivity contribution in [3.8, 4) is 0 Å². The van der Waals surface area contributed by atoms with Gasteiger partial charge in [-0.15, -0.1) is 24.2 Å². The molecule has 0 aliphatic rings. The molecule has 0 aromatic heterocycles. The first kappa shape index (κ1) is 17.6. The minimum absolute atomic E-state index is 0. The highest BCUT2D eigenvalue weighted by atomic mass is 35.5. The second-order valence-electron chi connectivity index (χ2n) is 3.63. The van der Waals surface area contributed by atoms with Crippen LogP contribution in [0.4, 0.5) is 0 Å². The van der Waals surface area contributed by atoms with Crippen LogP contribution < -0.4 is 0 Å². The molecule has 1 rings (SSSR count). The number of nitrogens with one attached hydrogen (secondary N) is 1. The van der Waals surface area contributed by atoms with Crippen LogP contribution in [0.25, 0.3) is 0 Å². The van der Waals surface area contributed by atoms with Gasteiger partial charge in [0.05, 0.1) is 5.04 Å². The molecule has 1 N–H and O–H groups in total. The summed E-state index contributed by atoms with van der Waals surface area (Å²) in [6, 6.07) is 5.43. The zero-order valence-electron chi connectivity index (χ0n) is 10.1. The summed E-state index contributed by atoms with van der Waals surface area (Å²) in [6.07, 6.45) is 3.58. The molecule has 0 heterocycles. The fraction of sp³-hybridized carbons (Fsp3) is 0.250. The van der Waals surface area contributed by atoms with Crippen molar-refractivity contribution in [2.45, 2.75) is 5.75 Å². The molecule has 0 bridgehead atoms. The van der Waals surface area contributed by atoms with Crippen molar-refractivity contribution in [3.05, 3.63) is 46.1 Å². The Morgan fingerprint density at radius 3 is 2.39 bits per heavy atom. The molecule has 100 valence electrons. The number of nitrogens with zero attached hydrogens (tertiary/aromatic N) is 1. The van der Waals surface area contributed by atoms with Crippen molar-refractivity contribution >= 4 is 52.4 Å². The molecular weight excluding hydrogens is 311 g/mol. The van der Waals surface area contributed by atoms with E-state index in [1.54, 1.807) is 6.08 Å². The molecule has 2 nitrogen and oxygen atoms in total. The topological polar surface area (TPSA) is 27.1 Å². The van der Waals surface area contributed by atoms with Crippen LogP contribution >= 0.6 is 47.4 Å². The van der Waals surface area contributed by atoms with E-state index in [1.807, 2.05) is 43.4 Å². The van der Waals surface area contributed by atoms with Gasteiger partial charge in [-0.3, -0.25) is 5.41 Å². The van der Waals surface area contributed by atoms with Crippen LogP contribution in [0.15, 0.2) is 30.5 Å². The van der Waals surface area contributed by atoms with Crippen molar-refractivity contribution < 1.29 is 0 Å². The number of thioether (sulfide) groups is 1. The Kier molecular flexibility index (Phi) is 8.53. The Labute approximate surface area is 128 Å². The van der Waals surface area contributed by atoms with Crippen molar-refractivity contribution in [2.24, 2.45) is 0 Å². The molecule has 0 unspecified atom stereocenters. The van der Waals surface area contributed by atoms with Gasteiger partial charge in [-0.25, -0.2) is 0 Å². The van der Waals surface area contributed by atoms with Gasteiger partial charge in [-0.2, -0.15) is 0 Å². The standard InChI is InChI=1S/C12H14Cl2N2S.ClH/c1-16(2)7-6-12(15)17-8-9-10(13)4-3-5-11(9)14;/h3-7,15H,8H2,1-2H3;1H/b7-6+,15-12?;. The predicted octanol–water partition coefficient (Wildman–Crippen LogP) is 4.70. The van der Waals surface area contributed by atoms with Gasteiger partial charge < -0.3 is 4.90 Å². The highest BCUT2D eigenvalue weighted by Gasteiger charge is 2.06. The van der Waals surface area contributed by atoms with Gasteiger partial charge in [0.2, 0.25) is 0 Å². The summed E-state index contributed by atoms with van der Waals surface area (Å²) in [5, 5.41) is 9.51. The zero-order valence-corrected chi connectivity index (χ0v) is 13.3. The van der Waals surface area contributed by atoms with Gasteiger partial charge in [-0.05, 0) is 23.8 Å². The van der Waals surface area contributed by atoms with Crippen LogP contribution in [0, 0.1) is 5.41 Å². The summed E-state index contributed by atoms with van der Waals surface area (Å²) in [5.41, 5.74) is 0.879. The Morgan fingerprint density at radius 2 is 1.89 bits per heavy atom. The quantitative estimate of drug-likeness (QED) is 0.641. The van der Waals surface area contributed by atoms with Crippen LogP contribution in [0.2, 0.25) is 10.0 Å². The Morgan fingerprint density at radius 1 is 1.33 bits per heavy atom. The SMILES string of the molecule is CN(C)/C=C/C(=N)SCc1c(Cl)cccc1Cl.Cl. The van der Waals surface area contributed by atoms with E-state index in [4.69, 9.17) is 28.6 Å². The number of benzene rings is 1. The maximum atomic E-state index is 7.74. The van der Waals surface area contributed by atoms with Crippen molar-refractivity contribution in [1.82, 2.24) is 4.90 Å². The predicted molar refractivity (Wildman–Crippen MR) is 85.6 cm³/mol. The van der Waals surface area contributed by atoms with E-state index in [2.05, 4.69) is 0 Å². The van der Waals surface area contributed by atoms with Crippen LogP contribution in [-0.4, -0.2) is 24.0 Å². The molecule has 0 radical (unpaired) electrons. The molecule has 1 aromatic carbocycles. The summed E-state index contributed by atoms with van der Waals surface area (Å²) in [7, 11) is 3.83. The van der Waals surface area contributed by atoms with E-state index in [9.17, 15) is 0 Å². The molecule has 0 atom stereocenters. The third kappa shape index (κ3) is 6.01. The highest BCUT2D eigenvalue weighted by Crippen LogP contribution is 2.28. The van der Waals surface area contributed by atoms with Gasteiger partial charge in [0.1, 0.15) is 0 Å². The summed E-state index contributed by atoms with van der Waals surface area (Å²) >= 11 is 13.5. The van der Waals surface area contributed by atoms with Gasteiger partial charge in [0, 0.05) is 36.1 Å². The molecule has 0 amide bonds. The van der Waals surface area contributed by atoms with Crippen LogP contribution in [0.3, 0.4) is 0 Å². The molecule has 0 saturated carbocycles. The largest absolute Gasteiger partial charge is 0.383 e. The smallest absolute Gasteiger partial charge is 0.0887 e. The third-order valence-electron chi connectivity index (χ3n) is 1.96. The molecule has 1 aromatic rings. The molecule has 0 saturated heterocycles. The Bertz CT molecular complexity index is 413. The molecular formula is C12H15Cl3N2S. The van der Waals surface area contributed by atoms with Crippen LogP contribution in [0.5, 0.6) is 0 Å². The maximum absolute atomic E-state index is 7.74. The third-order valence-corrected chi connectivity index (χ3v) is 3.55. The normalized spacial score (nSPS) is 10.2. The Hall–Kier alpha value is -0.350. The lowest BCUT2D eigenvalue weighted by atomic mass is 10.2. The summed E-state index contributed by atoms with van der Waals surface area (Å²) in [5.74, 6) is 0.606. The van der Waals surface area contributed by atoms with Crippen molar-refractivity contribution in [2.75, 3.05) is 14.1 Å². The van der Waals surface area contributed by atoms with Gasteiger partial charge in [0.25, 0.3) is 0 Å². The van der Waals surface area contributed by atoms with E-state index >= 15 is 0 Å². The first-order chi connectivity index (χ1) is 8.00. The number of hydrogen-bond donors (Lipinski definition) is 1. The molecule has 0 spiro atoms. The lowest BCUT2D eigenvalue weighted by molar-refractivity contribution is 0.564. The van der Waals surface area contributed by atoms with E-state index in [-0.39, 0.29) is 12.4 Å². The number of rotatable bonds is 4. The monoisotopic (exact) mass is 324 g/mol. The van der Waals surface area contributed by atoms with Crippen LogP contribution in [0.1, 0.15) is 5.56 Å². The zero-order chi connectivity index (χ0) is 12.8. The average molecular weight is 326 g/mol. The number of hydrogen-bond acceptors (Lipinski definition) is 3. The van der Waals surface area contributed by atoms with Crippen LogP contribution in [-0.2, 0) is 5.75 Å². The van der Waals surface area contributed by atoms with Gasteiger partial charge >= 0.3 is 0 Å². The van der Waals surface area contributed by atoms with Gasteiger partial charge in [-0.1, -0.05) is 29.3 Å². The molecule has 0 aliphatic heterocycles. The maximum Gasteiger partial charge on any atom is 0.0887 e. The lowest BCUT2D eigenvalue weighted by Gasteiger charge is -2.06. The first-order valence-electron chi connectivity index (χ1n) is 4.99. The minimum atomic E-state index is 0. The van der Waals surface area contributed by atoms with Crippen molar-refractivity contribution in [3.63, 3.8) is 0 Å². The summed E-state index contributed by atoms with van der Waals surface area (Å²) in [4.78, 5) is 1.89. The Balaban J connectivity index is 0.00000289. The van der Waals surface area contributed by atoms with E-state index < -0.39 is 0 Å². The number of halogens is 3. The second-order valence-corrected chi connectivity index (χ2v) is 5.46. The first-order valence-corrected chi connectivity index (χ1v) is 6.73. The molecule has 0 aliphatic carbocycles.